The van der Waals surface area contributed by atoms with Crippen LogP contribution in [0.5, 0.6) is 0 Å². The molecule has 0 unspecified atom stereocenters. The van der Waals surface area contributed by atoms with E-state index in [2.05, 4.69) is 31.4 Å². The molecule has 0 spiro atoms. The molecule has 0 aliphatic heterocycles. The van der Waals surface area contributed by atoms with E-state index in [0.717, 1.165) is 12.5 Å². The van der Waals surface area contributed by atoms with Crippen molar-refractivity contribution in [2.75, 3.05) is 13.7 Å². The zero-order valence-electron chi connectivity index (χ0n) is 20.4. The van der Waals surface area contributed by atoms with Crippen molar-refractivity contribution in [3.63, 3.8) is 0 Å². The summed E-state index contributed by atoms with van der Waals surface area (Å²) in [5.74, 6) is -1.84. The van der Waals surface area contributed by atoms with Gasteiger partial charge in [-0.25, -0.2) is 9.59 Å². The second-order valence-corrected chi connectivity index (χ2v) is 6.89. The van der Waals surface area contributed by atoms with Gasteiger partial charge in [0.25, 0.3) is 0 Å². The Bertz CT molecular complexity index is 514. The largest absolute Gasteiger partial charge is 1.00 e. The maximum atomic E-state index is 11.1. The van der Waals surface area contributed by atoms with Gasteiger partial charge in [0.1, 0.15) is 0 Å². The summed E-state index contributed by atoms with van der Waals surface area (Å²) < 4.78 is 9.31. The van der Waals surface area contributed by atoms with Crippen molar-refractivity contribution in [2.45, 2.75) is 85.0 Å². The SMILES string of the molecule is C=C(C)C(=O)OC.C=C(C)C(=O)OCCCCCCCCCCCC.C=CC(=O)[O-].[K+]. The van der Waals surface area contributed by atoms with Crippen LogP contribution in [0, 0.1) is 0 Å². The van der Waals surface area contributed by atoms with Crippen LogP contribution >= 0.6 is 0 Å². The van der Waals surface area contributed by atoms with Gasteiger partial charge in [0.15, 0.2) is 0 Å². The van der Waals surface area contributed by atoms with Crippen LogP contribution in [-0.4, -0.2) is 31.6 Å². The Morgan fingerprint density at radius 2 is 1.16 bits per heavy atom. The molecule has 0 aliphatic rings. The number of carbonyl (C=O) groups excluding carboxylic acids is 3. The number of carboxylic acid groups (broad SMARTS) is 1. The molecule has 0 amide bonds. The molecule has 0 aromatic heterocycles. The molecule has 7 heteroatoms. The molecule has 0 saturated carbocycles. The van der Waals surface area contributed by atoms with Gasteiger partial charge in [-0.1, -0.05) is 84.4 Å². The average Bonchev–Trinajstić information content (AvgIpc) is 2.71. The number of rotatable bonds is 14. The minimum atomic E-state index is -1.23. The van der Waals surface area contributed by atoms with Gasteiger partial charge in [-0.3, -0.25) is 0 Å². The van der Waals surface area contributed by atoms with Crippen molar-refractivity contribution >= 4 is 17.9 Å². The van der Waals surface area contributed by atoms with Crippen LogP contribution in [0.3, 0.4) is 0 Å². The van der Waals surface area contributed by atoms with Crippen molar-refractivity contribution < 1.29 is 80.3 Å². The number of carbonyl (C=O) groups is 3. The van der Waals surface area contributed by atoms with Crippen LogP contribution in [-0.2, 0) is 23.9 Å². The van der Waals surface area contributed by atoms with E-state index in [4.69, 9.17) is 14.6 Å². The maximum Gasteiger partial charge on any atom is 1.00 e. The van der Waals surface area contributed by atoms with Crippen molar-refractivity contribution in [3.05, 3.63) is 37.0 Å². The minimum absolute atomic E-state index is 0. The Labute approximate surface area is 232 Å². The van der Waals surface area contributed by atoms with E-state index < -0.39 is 5.97 Å². The second kappa shape index (κ2) is 29.3. The summed E-state index contributed by atoms with van der Waals surface area (Å²) in [4.78, 5) is 30.4. The fourth-order valence-corrected chi connectivity index (χ4v) is 2.05. The molecule has 0 saturated heterocycles. The Hall–Kier alpha value is -0.734. The number of hydrogen-bond acceptors (Lipinski definition) is 6. The quantitative estimate of drug-likeness (QED) is 0.168. The number of carboxylic acids is 1. The summed E-state index contributed by atoms with van der Waals surface area (Å²) in [6, 6.07) is 0. The van der Waals surface area contributed by atoms with Crippen LogP contribution in [0.2, 0.25) is 0 Å². The average molecular weight is 465 g/mol. The summed E-state index contributed by atoms with van der Waals surface area (Å²) in [6.45, 7) is 15.9. The third-order valence-corrected chi connectivity index (χ3v) is 3.78. The van der Waals surface area contributed by atoms with E-state index in [1.807, 2.05) is 0 Å². The van der Waals surface area contributed by atoms with E-state index in [0.29, 0.717) is 17.8 Å². The van der Waals surface area contributed by atoms with Crippen LogP contribution in [0.15, 0.2) is 37.0 Å². The van der Waals surface area contributed by atoms with Crippen LogP contribution in [0.1, 0.15) is 85.0 Å². The van der Waals surface area contributed by atoms with Crippen LogP contribution < -0.4 is 56.5 Å². The van der Waals surface area contributed by atoms with Crippen LogP contribution in [0.25, 0.3) is 0 Å². The molecular weight excluding hydrogens is 423 g/mol. The molecule has 0 fully saturated rings. The van der Waals surface area contributed by atoms with E-state index in [9.17, 15) is 9.59 Å². The number of aliphatic carboxylic acids is 1. The molecule has 0 aromatic rings. The number of esters is 2. The Kier molecular flexibility index (Phi) is 35.5. The third kappa shape index (κ3) is 36.9. The van der Waals surface area contributed by atoms with Gasteiger partial charge in [-0.2, -0.15) is 0 Å². The molecule has 0 atom stereocenters. The summed E-state index contributed by atoms with van der Waals surface area (Å²) in [6.07, 6.45) is 13.7. The first-order valence-electron chi connectivity index (χ1n) is 10.5. The topological polar surface area (TPSA) is 92.7 Å². The predicted octanol–water partition coefficient (Wildman–Crippen LogP) is 1.69. The molecule has 0 heterocycles. The smallest absolute Gasteiger partial charge is 0.545 e. The molecule has 6 nitrogen and oxygen atoms in total. The van der Waals surface area contributed by atoms with Crippen LogP contribution in [0.4, 0.5) is 0 Å². The van der Waals surface area contributed by atoms with Gasteiger partial charge in [-0.15, -0.1) is 0 Å². The van der Waals surface area contributed by atoms with Gasteiger partial charge in [-0.05, 0) is 26.3 Å². The monoisotopic (exact) mass is 464 g/mol. The van der Waals surface area contributed by atoms with E-state index in [1.54, 1.807) is 13.8 Å². The first kappa shape index (κ1) is 37.6. The number of methoxy groups -OCH3 is 1. The zero-order valence-corrected chi connectivity index (χ0v) is 23.5. The number of unbranched alkanes of at least 4 members (excludes halogenated alkanes) is 9. The Balaban J connectivity index is -0.000000231. The molecule has 0 aromatic carbocycles. The molecule has 0 radical (unpaired) electrons. The second-order valence-electron chi connectivity index (χ2n) is 6.89. The molecule has 0 bridgehead atoms. The first-order valence-corrected chi connectivity index (χ1v) is 10.5. The molecule has 31 heavy (non-hydrogen) atoms. The minimum Gasteiger partial charge on any atom is -0.545 e. The standard InChI is InChI=1S/C16H30O2.C5H8O2.C3H4O2.K/c1-4-5-6-7-8-9-10-11-12-13-14-18-16(17)15(2)3;1-4(2)5(6)7-3;1-2-3(4)5;/h2,4-14H2,1,3H3;1H2,2-3H3;2H,1H2,(H,4,5);/q;;;+1/p-1. The summed E-state index contributed by atoms with van der Waals surface area (Å²) in [5, 5.41) is 9.14. The first-order chi connectivity index (χ1) is 14.1. The number of ether oxygens (including phenoxy) is 2. The van der Waals surface area contributed by atoms with Gasteiger partial charge in [0.05, 0.1) is 19.7 Å². The van der Waals surface area contributed by atoms with Gasteiger partial charge < -0.3 is 19.4 Å². The molecule has 0 N–H and O–H groups in total. The maximum absolute atomic E-state index is 11.1. The summed E-state index contributed by atoms with van der Waals surface area (Å²) in [5.41, 5.74) is 0.921. The fraction of sp³-hybridized carbons (Fsp3) is 0.625. The van der Waals surface area contributed by atoms with Crippen molar-refractivity contribution in [2.24, 2.45) is 0 Å². The Morgan fingerprint density at radius 1 is 0.806 bits per heavy atom. The third-order valence-electron chi connectivity index (χ3n) is 3.78. The molecular formula is C24H41KO6. The van der Waals surface area contributed by atoms with Crippen molar-refractivity contribution in [3.8, 4) is 0 Å². The van der Waals surface area contributed by atoms with Gasteiger partial charge >= 0.3 is 63.3 Å². The molecule has 174 valence electrons. The molecule has 0 aliphatic carbocycles. The van der Waals surface area contributed by atoms with E-state index in [-0.39, 0.29) is 63.3 Å². The van der Waals surface area contributed by atoms with Crippen molar-refractivity contribution in [1.29, 1.82) is 0 Å². The number of hydrogen-bond donors (Lipinski definition) is 0. The van der Waals surface area contributed by atoms with Crippen molar-refractivity contribution in [1.82, 2.24) is 0 Å². The predicted molar refractivity (Wildman–Crippen MR) is 120 cm³/mol. The normalized spacial score (nSPS) is 8.77. The fourth-order valence-electron chi connectivity index (χ4n) is 2.05. The zero-order chi connectivity index (χ0) is 23.8. The van der Waals surface area contributed by atoms with Gasteiger partial charge in [0.2, 0.25) is 0 Å². The molecule has 0 rings (SSSR count). The van der Waals surface area contributed by atoms with E-state index in [1.165, 1.54) is 64.9 Å². The summed E-state index contributed by atoms with van der Waals surface area (Å²) >= 11 is 0. The Morgan fingerprint density at radius 3 is 1.42 bits per heavy atom. The van der Waals surface area contributed by atoms with Gasteiger partial charge in [0, 0.05) is 11.1 Å². The van der Waals surface area contributed by atoms with E-state index >= 15 is 0 Å². The summed E-state index contributed by atoms with van der Waals surface area (Å²) in [7, 11) is 1.33.